The van der Waals surface area contributed by atoms with Gasteiger partial charge in [-0.05, 0) is 53.9 Å². The average Bonchev–Trinajstić information content (AvgIpc) is 3.05. The van der Waals surface area contributed by atoms with Gasteiger partial charge in [-0.2, -0.15) is 0 Å². The highest BCUT2D eigenvalue weighted by Gasteiger charge is 2.24. The Hall–Kier alpha value is -3.34. The van der Waals surface area contributed by atoms with Gasteiger partial charge < -0.3 is 14.8 Å². The van der Waals surface area contributed by atoms with Crippen molar-refractivity contribution in [3.8, 4) is 0 Å². The zero-order valence-electron chi connectivity index (χ0n) is 15.2. The van der Waals surface area contributed by atoms with Crippen LogP contribution < -0.4 is 10.2 Å². The van der Waals surface area contributed by atoms with Crippen molar-refractivity contribution in [1.82, 2.24) is 9.88 Å². The molecule has 0 aliphatic carbocycles. The Bertz CT molecular complexity index is 1010. The molecule has 0 radical (unpaired) electrons. The van der Waals surface area contributed by atoms with Crippen molar-refractivity contribution in [2.75, 3.05) is 4.90 Å². The Labute approximate surface area is 158 Å². The summed E-state index contributed by atoms with van der Waals surface area (Å²) in [6, 6.07) is 17.8. The highest BCUT2D eigenvalue weighted by Crippen LogP contribution is 2.29. The highest BCUT2D eigenvalue weighted by molar-refractivity contribution is 6.06. The van der Waals surface area contributed by atoms with Crippen molar-refractivity contribution >= 4 is 18.0 Å². The molecular weight excluding hydrogens is 338 g/mol. The summed E-state index contributed by atoms with van der Waals surface area (Å²) in [6.45, 7) is 3.72. The molecule has 2 heterocycles. The molecule has 1 aliphatic heterocycles. The molecular formula is C22H21N3O2. The van der Waals surface area contributed by atoms with Crippen molar-refractivity contribution in [2.24, 2.45) is 0 Å². The van der Waals surface area contributed by atoms with Crippen LogP contribution in [0.3, 0.4) is 0 Å². The number of benzene rings is 2. The zero-order chi connectivity index (χ0) is 18.8. The number of rotatable bonds is 4. The Kier molecular flexibility index (Phi) is 4.50. The third-order valence-corrected chi connectivity index (χ3v) is 5.08. The van der Waals surface area contributed by atoms with E-state index in [4.69, 9.17) is 0 Å². The van der Waals surface area contributed by atoms with E-state index >= 15 is 0 Å². The Morgan fingerprint density at radius 3 is 2.78 bits per heavy atom. The standard InChI is InChI=1S/C22H21N3O2/c1-16-11-17(8-9-18(16)12-23-15-26)22(27)25-14-20-6-4-10-24(20)13-19-5-2-3-7-21(19)25/h2-11,15H,12-14H2,1H3,(H,23,26). The topological polar surface area (TPSA) is 54.3 Å². The number of hydrogen-bond donors (Lipinski definition) is 1. The van der Waals surface area contributed by atoms with Crippen molar-refractivity contribution in [3.63, 3.8) is 0 Å². The molecule has 27 heavy (non-hydrogen) atoms. The molecule has 136 valence electrons. The van der Waals surface area contributed by atoms with Gasteiger partial charge in [0, 0.05) is 36.2 Å². The lowest BCUT2D eigenvalue weighted by Crippen LogP contribution is -2.30. The minimum absolute atomic E-state index is 0.0184. The first-order valence-corrected chi connectivity index (χ1v) is 8.97. The van der Waals surface area contributed by atoms with Crippen LogP contribution in [0.4, 0.5) is 5.69 Å². The van der Waals surface area contributed by atoms with Crippen molar-refractivity contribution in [2.45, 2.75) is 26.6 Å². The van der Waals surface area contributed by atoms with E-state index in [1.807, 2.05) is 54.3 Å². The number of aryl methyl sites for hydroxylation is 1. The number of para-hydroxylation sites is 1. The first-order chi connectivity index (χ1) is 13.2. The van der Waals surface area contributed by atoms with Gasteiger partial charge in [-0.15, -0.1) is 0 Å². The minimum Gasteiger partial charge on any atom is -0.355 e. The summed E-state index contributed by atoms with van der Waals surface area (Å²) >= 11 is 0. The number of carbonyl (C=O) groups is 2. The van der Waals surface area contributed by atoms with Crippen LogP contribution in [0.2, 0.25) is 0 Å². The van der Waals surface area contributed by atoms with Crippen LogP contribution in [-0.2, 0) is 24.4 Å². The van der Waals surface area contributed by atoms with Crippen LogP contribution in [0.1, 0.15) is 32.7 Å². The molecule has 4 rings (SSSR count). The highest BCUT2D eigenvalue weighted by atomic mass is 16.2. The number of aromatic nitrogens is 1. The summed E-state index contributed by atoms with van der Waals surface area (Å²) in [4.78, 5) is 25.7. The summed E-state index contributed by atoms with van der Waals surface area (Å²) in [5.41, 5.74) is 5.84. The Balaban J connectivity index is 1.70. The molecule has 1 aromatic heterocycles. The molecule has 0 saturated carbocycles. The molecule has 0 atom stereocenters. The van der Waals surface area contributed by atoms with Gasteiger partial charge in [0.05, 0.1) is 6.54 Å². The monoisotopic (exact) mass is 359 g/mol. The molecule has 1 aliphatic rings. The number of anilines is 1. The predicted octanol–water partition coefficient (Wildman–Crippen LogP) is 3.25. The fraction of sp³-hybridized carbons (Fsp3) is 0.182. The van der Waals surface area contributed by atoms with E-state index in [-0.39, 0.29) is 5.91 Å². The van der Waals surface area contributed by atoms with Gasteiger partial charge in [-0.1, -0.05) is 24.3 Å². The summed E-state index contributed by atoms with van der Waals surface area (Å²) in [5.74, 6) is -0.0184. The van der Waals surface area contributed by atoms with Crippen LogP contribution in [-0.4, -0.2) is 16.9 Å². The van der Waals surface area contributed by atoms with Gasteiger partial charge in [0.1, 0.15) is 0 Å². The van der Waals surface area contributed by atoms with Crippen LogP contribution in [0, 0.1) is 6.92 Å². The van der Waals surface area contributed by atoms with Gasteiger partial charge >= 0.3 is 0 Å². The number of hydrogen-bond acceptors (Lipinski definition) is 2. The van der Waals surface area contributed by atoms with Crippen molar-refractivity contribution < 1.29 is 9.59 Å². The normalized spacial score (nSPS) is 12.7. The molecule has 3 aromatic rings. The lowest BCUT2D eigenvalue weighted by atomic mass is 10.0. The maximum absolute atomic E-state index is 13.4. The van der Waals surface area contributed by atoms with E-state index in [1.54, 1.807) is 0 Å². The molecule has 2 amide bonds. The first-order valence-electron chi connectivity index (χ1n) is 8.97. The van der Waals surface area contributed by atoms with Gasteiger partial charge in [-0.25, -0.2) is 0 Å². The van der Waals surface area contributed by atoms with Crippen LogP contribution in [0.5, 0.6) is 0 Å². The summed E-state index contributed by atoms with van der Waals surface area (Å²) in [6.07, 6.45) is 2.74. The largest absolute Gasteiger partial charge is 0.355 e. The van der Waals surface area contributed by atoms with E-state index in [0.717, 1.165) is 34.6 Å². The number of nitrogens with one attached hydrogen (secondary N) is 1. The number of fused-ring (bicyclic) bond motifs is 2. The quantitative estimate of drug-likeness (QED) is 0.727. The number of amides is 2. The fourth-order valence-corrected chi connectivity index (χ4v) is 3.60. The van der Waals surface area contributed by atoms with Gasteiger partial charge in [0.2, 0.25) is 6.41 Å². The zero-order valence-corrected chi connectivity index (χ0v) is 15.2. The second kappa shape index (κ2) is 7.11. The molecule has 1 N–H and O–H groups in total. The smallest absolute Gasteiger partial charge is 0.258 e. The third kappa shape index (κ3) is 3.24. The molecule has 2 aromatic carbocycles. The molecule has 5 nitrogen and oxygen atoms in total. The fourth-order valence-electron chi connectivity index (χ4n) is 3.60. The number of carbonyl (C=O) groups excluding carboxylic acids is 2. The van der Waals surface area contributed by atoms with E-state index in [1.165, 1.54) is 0 Å². The lowest BCUT2D eigenvalue weighted by molar-refractivity contribution is -0.109. The van der Waals surface area contributed by atoms with E-state index in [9.17, 15) is 9.59 Å². The van der Waals surface area contributed by atoms with Crippen LogP contribution in [0.25, 0.3) is 0 Å². The summed E-state index contributed by atoms with van der Waals surface area (Å²) in [5, 5.41) is 2.67. The summed E-state index contributed by atoms with van der Waals surface area (Å²) in [7, 11) is 0. The van der Waals surface area contributed by atoms with Gasteiger partial charge in [-0.3, -0.25) is 9.59 Å². The molecule has 0 saturated heterocycles. The summed E-state index contributed by atoms with van der Waals surface area (Å²) < 4.78 is 2.19. The second-order valence-corrected chi connectivity index (χ2v) is 6.79. The van der Waals surface area contributed by atoms with Crippen molar-refractivity contribution in [3.05, 3.63) is 88.7 Å². The average molecular weight is 359 g/mol. The maximum atomic E-state index is 13.4. The van der Waals surface area contributed by atoms with E-state index in [2.05, 4.69) is 28.2 Å². The molecule has 0 unspecified atom stereocenters. The van der Waals surface area contributed by atoms with Gasteiger partial charge in [0.15, 0.2) is 0 Å². The Morgan fingerprint density at radius 1 is 1.11 bits per heavy atom. The lowest BCUT2D eigenvalue weighted by Gasteiger charge is -2.23. The van der Waals surface area contributed by atoms with Crippen LogP contribution in [0.15, 0.2) is 60.8 Å². The van der Waals surface area contributed by atoms with E-state index in [0.29, 0.717) is 25.1 Å². The first kappa shape index (κ1) is 17.1. The van der Waals surface area contributed by atoms with E-state index < -0.39 is 0 Å². The van der Waals surface area contributed by atoms with Crippen LogP contribution >= 0.6 is 0 Å². The molecule has 0 bridgehead atoms. The maximum Gasteiger partial charge on any atom is 0.258 e. The molecule has 5 heteroatoms. The molecule has 0 spiro atoms. The van der Waals surface area contributed by atoms with Gasteiger partial charge in [0.25, 0.3) is 5.91 Å². The second-order valence-electron chi connectivity index (χ2n) is 6.79. The third-order valence-electron chi connectivity index (χ3n) is 5.08. The molecule has 0 fully saturated rings. The number of nitrogens with zero attached hydrogens (tertiary/aromatic N) is 2. The van der Waals surface area contributed by atoms with Crippen molar-refractivity contribution in [1.29, 1.82) is 0 Å². The SMILES string of the molecule is Cc1cc(C(=O)N2Cc3cccn3Cc3ccccc32)ccc1CNC=O. The minimum atomic E-state index is -0.0184. The Morgan fingerprint density at radius 2 is 1.96 bits per heavy atom. The predicted molar refractivity (Wildman–Crippen MR) is 105 cm³/mol.